The number of aliphatic hydroxyl groups excluding tert-OH is 2. The molecule has 0 rings (SSSR count). The Kier molecular flexibility index (Phi) is 35.4. The Hall–Kier alpha value is -2.38. The van der Waals surface area contributed by atoms with E-state index in [2.05, 4.69) is 48.8 Å². The van der Waals surface area contributed by atoms with E-state index >= 15 is 0 Å². The minimum absolute atomic E-state index is 0.0586. The van der Waals surface area contributed by atoms with Crippen LogP contribution in [0.5, 0.6) is 0 Å². The van der Waals surface area contributed by atoms with Crippen molar-refractivity contribution in [1.82, 2.24) is 0 Å². The first-order valence-corrected chi connectivity index (χ1v) is 22.7. The van der Waals surface area contributed by atoms with E-state index in [0.717, 1.165) is 89.9 Å². The molecular weight excluding hydrogens is 741 g/mol. The minimum Gasteiger partial charge on any atom is -0.480 e. The molecule has 13 nitrogen and oxygen atoms in total. The Balaban J connectivity index is 4.53. The molecule has 326 valence electrons. The molecule has 0 fully saturated rings. The van der Waals surface area contributed by atoms with Crippen LogP contribution in [0.3, 0.4) is 0 Å². The van der Waals surface area contributed by atoms with Crippen LogP contribution in [-0.2, 0) is 37.5 Å². The Morgan fingerprint density at radius 2 is 1.12 bits per heavy atom. The van der Waals surface area contributed by atoms with E-state index in [1.54, 1.807) is 0 Å². The monoisotopic (exact) mass is 818 g/mol. The second-order valence-electron chi connectivity index (χ2n) is 14.4. The van der Waals surface area contributed by atoms with E-state index in [9.17, 15) is 34.1 Å². The average molecular weight is 818 g/mol. The molecular formula is C42H76NO12P. The van der Waals surface area contributed by atoms with Crippen LogP contribution in [0.4, 0.5) is 0 Å². The van der Waals surface area contributed by atoms with Crippen molar-refractivity contribution in [3.05, 3.63) is 36.5 Å². The lowest BCUT2D eigenvalue weighted by Gasteiger charge is -2.20. The summed E-state index contributed by atoms with van der Waals surface area (Å²) in [6.07, 6.45) is 30.9. The van der Waals surface area contributed by atoms with Gasteiger partial charge >= 0.3 is 25.7 Å². The topological polar surface area (TPSA) is 212 Å². The fourth-order valence-corrected chi connectivity index (χ4v) is 6.31. The van der Waals surface area contributed by atoms with Gasteiger partial charge in [0, 0.05) is 12.8 Å². The Labute approximate surface area is 337 Å². The number of phosphoric ester groups is 1. The Morgan fingerprint density at radius 1 is 0.625 bits per heavy atom. The number of phosphoric acid groups is 1. The fourth-order valence-electron chi connectivity index (χ4n) is 5.53. The van der Waals surface area contributed by atoms with Crippen LogP contribution < -0.4 is 5.73 Å². The molecule has 5 atom stereocenters. The molecule has 0 saturated heterocycles. The van der Waals surface area contributed by atoms with Crippen molar-refractivity contribution in [3.8, 4) is 0 Å². The third-order valence-corrected chi connectivity index (χ3v) is 10.0. The highest BCUT2D eigenvalue weighted by atomic mass is 31.2. The summed E-state index contributed by atoms with van der Waals surface area (Å²) < 4.78 is 32.6. The number of unbranched alkanes of at least 4 members (excludes halogenated alkanes) is 15. The van der Waals surface area contributed by atoms with Crippen LogP contribution in [0.15, 0.2) is 36.5 Å². The van der Waals surface area contributed by atoms with Crippen molar-refractivity contribution in [2.75, 3.05) is 19.8 Å². The number of esters is 2. The molecule has 14 heteroatoms. The van der Waals surface area contributed by atoms with Gasteiger partial charge in [0.15, 0.2) is 6.10 Å². The zero-order valence-corrected chi connectivity index (χ0v) is 35.3. The lowest BCUT2D eigenvalue weighted by atomic mass is 10.0. The second-order valence-corrected chi connectivity index (χ2v) is 15.9. The van der Waals surface area contributed by atoms with E-state index in [0.29, 0.717) is 25.7 Å². The number of hydrogen-bond acceptors (Lipinski definition) is 11. The maximum absolute atomic E-state index is 12.6. The van der Waals surface area contributed by atoms with Gasteiger partial charge in [-0.25, -0.2) is 4.57 Å². The Bertz CT molecular complexity index is 1130. The van der Waals surface area contributed by atoms with Crippen LogP contribution in [0.2, 0.25) is 0 Å². The number of nitrogens with two attached hydrogens (primary N) is 1. The molecule has 6 N–H and O–H groups in total. The number of rotatable bonds is 39. The summed E-state index contributed by atoms with van der Waals surface area (Å²) in [4.78, 5) is 45.9. The summed E-state index contributed by atoms with van der Waals surface area (Å²) in [7, 11) is -4.76. The number of aliphatic hydroxyl groups is 2. The summed E-state index contributed by atoms with van der Waals surface area (Å²) in [6, 6.07) is -1.55. The molecule has 0 bridgehead atoms. The molecule has 0 amide bonds. The van der Waals surface area contributed by atoms with Crippen LogP contribution in [0, 0.1) is 0 Å². The maximum atomic E-state index is 12.6. The van der Waals surface area contributed by atoms with Gasteiger partial charge in [-0.15, -0.1) is 0 Å². The molecule has 0 heterocycles. The molecule has 0 aromatic carbocycles. The number of aliphatic carboxylic acids is 1. The van der Waals surface area contributed by atoms with Crippen LogP contribution in [-0.4, -0.2) is 82.3 Å². The minimum atomic E-state index is -4.76. The molecule has 1 unspecified atom stereocenters. The van der Waals surface area contributed by atoms with E-state index in [4.69, 9.17) is 24.8 Å². The highest BCUT2D eigenvalue weighted by Gasteiger charge is 2.28. The number of ether oxygens (including phenoxy) is 2. The molecule has 56 heavy (non-hydrogen) atoms. The molecule has 0 aliphatic carbocycles. The molecule has 0 spiro atoms. The van der Waals surface area contributed by atoms with Gasteiger partial charge in [0.1, 0.15) is 12.6 Å². The van der Waals surface area contributed by atoms with Gasteiger partial charge in [0.25, 0.3) is 0 Å². The fraction of sp³-hybridized carbons (Fsp3) is 0.786. The Morgan fingerprint density at radius 3 is 1.71 bits per heavy atom. The number of carboxylic acid groups (broad SMARTS) is 1. The molecule has 0 saturated carbocycles. The first kappa shape index (κ1) is 53.6. The molecule has 0 aromatic rings. The van der Waals surface area contributed by atoms with Crippen LogP contribution in [0.1, 0.15) is 168 Å². The zero-order valence-electron chi connectivity index (χ0n) is 34.4. The highest BCUT2D eigenvalue weighted by molar-refractivity contribution is 7.47. The van der Waals surface area contributed by atoms with Crippen molar-refractivity contribution in [2.24, 2.45) is 5.73 Å². The molecule has 0 aliphatic heterocycles. The van der Waals surface area contributed by atoms with Crippen molar-refractivity contribution in [3.63, 3.8) is 0 Å². The number of carboxylic acids is 1. The van der Waals surface area contributed by atoms with E-state index in [-0.39, 0.29) is 12.8 Å². The number of carbonyl (C=O) groups is 3. The average Bonchev–Trinajstić information content (AvgIpc) is 3.17. The van der Waals surface area contributed by atoms with Crippen LogP contribution >= 0.6 is 7.82 Å². The molecule has 0 radical (unpaired) electrons. The third kappa shape index (κ3) is 34.8. The van der Waals surface area contributed by atoms with Gasteiger partial charge in [0.2, 0.25) is 0 Å². The van der Waals surface area contributed by atoms with E-state index in [1.807, 2.05) is 6.08 Å². The first-order chi connectivity index (χ1) is 26.9. The van der Waals surface area contributed by atoms with E-state index < -0.39 is 69.9 Å². The number of hydrogen-bond donors (Lipinski definition) is 5. The summed E-state index contributed by atoms with van der Waals surface area (Å²) in [5, 5.41) is 29.3. The summed E-state index contributed by atoms with van der Waals surface area (Å²) >= 11 is 0. The van der Waals surface area contributed by atoms with Crippen molar-refractivity contribution < 1.29 is 57.7 Å². The van der Waals surface area contributed by atoms with Crippen LogP contribution in [0.25, 0.3) is 0 Å². The molecule has 0 aromatic heterocycles. The van der Waals surface area contributed by atoms with Crippen molar-refractivity contribution >= 4 is 25.7 Å². The lowest BCUT2D eigenvalue weighted by molar-refractivity contribution is -0.161. The quantitative estimate of drug-likeness (QED) is 0.0170. The second kappa shape index (κ2) is 36.9. The predicted molar refractivity (Wildman–Crippen MR) is 220 cm³/mol. The smallest absolute Gasteiger partial charge is 0.472 e. The normalized spacial score (nSPS) is 15.2. The van der Waals surface area contributed by atoms with Crippen molar-refractivity contribution in [1.29, 1.82) is 0 Å². The highest BCUT2D eigenvalue weighted by Crippen LogP contribution is 2.43. The number of carbonyl (C=O) groups excluding carboxylic acids is 2. The number of allylic oxidation sites excluding steroid dienone is 5. The third-order valence-electron chi connectivity index (χ3n) is 9.06. The largest absolute Gasteiger partial charge is 0.480 e. The van der Waals surface area contributed by atoms with Crippen molar-refractivity contribution in [2.45, 2.75) is 192 Å². The van der Waals surface area contributed by atoms with Gasteiger partial charge < -0.3 is 35.4 Å². The summed E-state index contributed by atoms with van der Waals surface area (Å²) in [5.74, 6) is -2.53. The summed E-state index contributed by atoms with van der Waals surface area (Å²) in [5.41, 5.74) is 5.32. The zero-order chi connectivity index (χ0) is 41.7. The van der Waals surface area contributed by atoms with Gasteiger partial charge in [-0.1, -0.05) is 121 Å². The van der Waals surface area contributed by atoms with Gasteiger partial charge in [-0.05, 0) is 70.6 Å². The lowest BCUT2D eigenvalue weighted by Crippen LogP contribution is -2.34. The van der Waals surface area contributed by atoms with Gasteiger partial charge in [0.05, 0.1) is 25.4 Å². The predicted octanol–water partition coefficient (Wildman–Crippen LogP) is 8.78. The maximum Gasteiger partial charge on any atom is 0.472 e. The van der Waals surface area contributed by atoms with Gasteiger partial charge in [-0.2, -0.15) is 0 Å². The first-order valence-electron chi connectivity index (χ1n) is 21.2. The molecule has 0 aliphatic rings. The van der Waals surface area contributed by atoms with Gasteiger partial charge in [-0.3, -0.25) is 23.4 Å². The SMILES string of the molecule is CCCCC/C=C\C/C=C\CCCCCCCC(=O)OC[C@H](COP(=O)(O)OC[C@H](N)C(=O)O)OC(=O)CCCCCCC[C@H](O)[C@@H](O)C/C=C\CCCCC. The summed E-state index contributed by atoms with van der Waals surface area (Å²) in [6.45, 7) is 2.53. The standard InChI is InChI=1S/C42H76NO12P/c1-3-5-7-9-11-12-13-14-15-16-17-18-19-23-27-31-40(46)52-33-36(34-53-56(50,51)54-35-37(43)42(48)49)55-41(47)32-28-24-20-22-26-30-39(45)38(44)29-25-21-10-8-6-4-2/h11-12,14-15,21,25,36-39,44-45H,3-10,13,16-20,22-24,26-35,43H2,1-2H3,(H,48,49)(H,50,51)/b12-11-,15-14-,25-21-/t36-,37+,38+,39+/m1/s1. The van der Waals surface area contributed by atoms with E-state index in [1.165, 1.54) is 25.7 Å².